The van der Waals surface area contributed by atoms with Crippen LogP contribution in [0, 0.1) is 0 Å². The summed E-state index contributed by atoms with van der Waals surface area (Å²) in [4.78, 5) is 15.5. The molecular weight excluding hydrogens is 374 g/mol. The lowest BCUT2D eigenvalue weighted by atomic mass is 9.92. The zero-order valence-electron chi connectivity index (χ0n) is 16.7. The van der Waals surface area contributed by atoms with Gasteiger partial charge in [0.25, 0.3) is 5.56 Å². The minimum absolute atomic E-state index is 0.0787. The fraction of sp³-hybridized carbons (Fsp3) is 0.476. The van der Waals surface area contributed by atoms with Crippen molar-refractivity contribution in [1.29, 1.82) is 0 Å². The van der Waals surface area contributed by atoms with E-state index in [1.54, 1.807) is 17.8 Å². The van der Waals surface area contributed by atoms with E-state index in [2.05, 4.69) is 23.3 Å². The Hall–Kier alpha value is -2.28. The summed E-state index contributed by atoms with van der Waals surface area (Å²) in [6.07, 6.45) is 10.3. The van der Waals surface area contributed by atoms with E-state index >= 15 is 0 Å². The first kappa shape index (κ1) is 19.1. The zero-order chi connectivity index (χ0) is 20.1. The molecule has 6 nitrogen and oxygen atoms in total. The van der Waals surface area contributed by atoms with E-state index in [1.807, 2.05) is 12.1 Å². The largest absolute Gasteiger partial charge is 0.384 e. The van der Waals surface area contributed by atoms with Gasteiger partial charge in [-0.15, -0.1) is 0 Å². The molecule has 0 spiro atoms. The summed E-state index contributed by atoms with van der Waals surface area (Å²) in [6, 6.07) is 2.10. The number of aryl methyl sites for hydroxylation is 1. The lowest BCUT2D eigenvalue weighted by Gasteiger charge is -2.32. The van der Waals surface area contributed by atoms with E-state index in [4.69, 9.17) is 0 Å². The molecule has 0 radical (unpaired) electrons. The van der Waals surface area contributed by atoms with Crippen molar-refractivity contribution in [2.75, 3.05) is 25.1 Å². The van der Waals surface area contributed by atoms with Crippen LogP contribution in [0.25, 0.3) is 11.3 Å². The maximum absolute atomic E-state index is 13.1. The van der Waals surface area contributed by atoms with Gasteiger partial charge in [0, 0.05) is 44.4 Å². The van der Waals surface area contributed by atoms with Gasteiger partial charge in [-0.25, -0.2) is 8.42 Å². The number of rotatable bonds is 5. The summed E-state index contributed by atoms with van der Waals surface area (Å²) in [5.41, 5.74) is 4.95. The fourth-order valence-corrected chi connectivity index (χ4v) is 5.25. The molecule has 1 atom stereocenters. The quantitative estimate of drug-likeness (QED) is 0.816. The monoisotopic (exact) mass is 401 g/mol. The number of fused-ring (bicyclic) bond motifs is 2. The Kier molecular flexibility index (Phi) is 4.73. The van der Waals surface area contributed by atoms with Gasteiger partial charge >= 0.3 is 0 Å². The highest BCUT2D eigenvalue weighted by atomic mass is 32.2. The molecule has 3 aliphatic rings. The molecule has 1 N–H and O–H groups in total. The first-order valence-corrected chi connectivity index (χ1v) is 11.9. The second kappa shape index (κ2) is 6.95. The minimum Gasteiger partial charge on any atom is -0.384 e. The normalized spacial score (nSPS) is 20.8. The Labute approximate surface area is 166 Å². The van der Waals surface area contributed by atoms with Gasteiger partial charge in [-0.3, -0.25) is 4.79 Å². The van der Waals surface area contributed by atoms with Crippen molar-refractivity contribution in [3.63, 3.8) is 0 Å². The predicted molar refractivity (Wildman–Crippen MR) is 112 cm³/mol. The Bertz CT molecular complexity index is 1080. The minimum atomic E-state index is -3.24. The average molecular weight is 402 g/mol. The van der Waals surface area contributed by atoms with Gasteiger partial charge in [0.2, 0.25) is 0 Å². The van der Waals surface area contributed by atoms with E-state index in [9.17, 15) is 13.2 Å². The van der Waals surface area contributed by atoms with E-state index < -0.39 is 9.84 Å². The second-order valence-electron chi connectivity index (χ2n) is 7.96. The highest BCUT2D eigenvalue weighted by Crippen LogP contribution is 2.42. The predicted octanol–water partition coefficient (Wildman–Crippen LogP) is 1.90. The topological polar surface area (TPSA) is 71.4 Å². The number of unbranched alkanes of at least 4 members (excludes halogenated alkanes) is 1. The van der Waals surface area contributed by atoms with Crippen LogP contribution in [-0.2, 0) is 16.9 Å². The maximum Gasteiger partial charge on any atom is 0.260 e. The van der Waals surface area contributed by atoms with Crippen LogP contribution in [-0.4, -0.2) is 49.0 Å². The Morgan fingerprint density at radius 1 is 1.32 bits per heavy atom. The van der Waals surface area contributed by atoms with Crippen LogP contribution in [0.2, 0.25) is 0 Å². The molecule has 4 rings (SSSR count). The molecule has 0 aromatic carbocycles. The van der Waals surface area contributed by atoms with Crippen molar-refractivity contribution in [2.24, 2.45) is 7.05 Å². The van der Waals surface area contributed by atoms with Gasteiger partial charge < -0.3 is 14.8 Å². The number of nitrogens with zero attached hydrogens (tertiary/aromatic N) is 2. The number of aromatic nitrogens is 1. The van der Waals surface area contributed by atoms with Crippen LogP contribution < -0.4 is 10.9 Å². The molecule has 1 aromatic heterocycles. The van der Waals surface area contributed by atoms with E-state index in [0.29, 0.717) is 11.1 Å². The summed E-state index contributed by atoms with van der Waals surface area (Å²) >= 11 is 0. The molecule has 150 valence electrons. The van der Waals surface area contributed by atoms with Gasteiger partial charge in [-0.2, -0.15) is 0 Å². The summed E-state index contributed by atoms with van der Waals surface area (Å²) in [6.45, 7) is 3.95. The highest BCUT2D eigenvalue weighted by molar-refractivity contribution is 7.91. The molecule has 0 saturated heterocycles. The van der Waals surface area contributed by atoms with Crippen LogP contribution >= 0.6 is 0 Å². The third kappa shape index (κ3) is 3.21. The number of hydrogen-bond acceptors (Lipinski definition) is 5. The number of hydrogen-bond donors (Lipinski definition) is 1. The SMILES string of the molecule is CCCCN1C=C2C=C(CS(C)(=O)=O)c3ccn(C)c(=O)c3C3=C2C1CCN3. The summed E-state index contributed by atoms with van der Waals surface area (Å²) in [5, 5.41) is 3.46. The molecule has 0 fully saturated rings. The molecule has 1 unspecified atom stereocenters. The van der Waals surface area contributed by atoms with Crippen LogP contribution in [0.4, 0.5) is 0 Å². The van der Waals surface area contributed by atoms with Crippen LogP contribution in [0.3, 0.4) is 0 Å². The smallest absolute Gasteiger partial charge is 0.260 e. The van der Waals surface area contributed by atoms with E-state index in [1.165, 1.54) is 6.26 Å². The Morgan fingerprint density at radius 2 is 2.11 bits per heavy atom. The maximum atomic E-state index is 13.1. The van der Waals surface area contributed by atoms with Gasteiger partial charge in [0.15, 0.2) is 9.84 Å². The van der Waals surface area contributed by atoms with Gasteiger partial charge in [-0.1, -0.05) is 13.3 Å². The lowest BCUT2D eigenvalue weighted by molar-refractivity contribution is 0.303. The molecule has 7 heteroatoms. The standard InChI is InChI=1S/C21H27N3O3S/c1-4-5-9-24-12-14-11-15(13-28(3,26)27)16-7-10-23(2)21(25)19(16)20-18(14)17(24)6-8-22-20/h7,10-12,17,22H,4-6,8-9,13H2,1-3H3. The molecule has 28 heavy (non-hydrogen) atoms. The summed E-state index contributed by atoms with van der Waals surface area (Å²) < 4.78 is 25.8. The third-order valence-electron chi connectivity index (χ3n) is 5.72. The number of allylic oxidation sites excluding steroid dienone is 1. The van der Waals surface area contributed by atoms with Crippen molar-refractivity contribution >= 4 is 21.1 Å². The van der Waals surface area contributed by atoms with Crippen LogP contribution in [0.5, 0.6) is 0 Å². The Balaban J connectivity index is 1.96. The molecular formula is C21H27N3O3S. The fourth-order valence-electron chi connectivity index (χ4n) is 4.45. The zero-order valence-corrected chi connectivity index (χ0v) is 17.5. The molecule has 1 aliphatic carbocycles. The summed E-state index contributed by atoms with van der Waals surface area (Å²) in [7, 11) is -1.51. The third-order valence-corrected chi connectivity index (χ3v) is 6.56. The van der Waals surface area contributed by atoms with Crippen molar-refractivity contribution in [3.05, 3.63) is 57.2 Å². The molecule has 1 aromatic rings. The van der Waals surface area contributed by atoms with Crippen LogP contribution in [0.15, 0.2) is 40.5 Å². The van der Waals surface area contributed by atoms with Gasteiger partial charge in [0.05, 0.1) is 23.1 Å². The molecule has 0 saturated carbocycles. The second-order valence-corrected chi connectivity index (χ2v) is 10.1. The summed E-state index contributed by atoms with van der Waals surface area (Å²) in [5.74, 6) is -0.0787. The van der Waals surface area contributed by atoms with Gasteiger partial charge in [-0.05, 0) is 41.7 Å². The Morgan fingerprint density at radius 3 is 2.82 bits per heavy atom. The van der Waals surface area contributed by atoms with Crippen molar-refractivity contribution < 1.29 is 8.42 Å². The molecule has 0 bridgehead atoms. The van der Waals surface area contributed by atoms with Crippen molar-refractivity contribution in [2.45, 2.75) is 32.2 Å². The first-order chi connectivity index (χ1) is 13.3. The molecule has 2 aliphatic heterocycles. The lowest BCUT2D eigenvalue weighted by Crippen LogP contribution is -2.38. The number of sulfone groups is 1. The van der Waals surface area contributed by atoms with Crippen LogP contribution in [0.1, 0.15) is 37.3 Å². The van der Waals surface area contributed by atoms with Crippen molar-refractivity contribution in [1.82, 2.24) is 14.8 Å². The molecule has 0 amide bonds. The first-order valence-electron chi connectivity index (χ1n) is 9.85. The number of pyridine rings is 1. The van der Waals surface area contributed by atoms with E-state index in [-0.39, 0.29) is 17.4 Å². The van der Waals surface area contributed by atoms with Gasteiger partial charge in [0.1, 0.15) is 0 Å². The van der Waals surface area contributed by atoms with E-state index in [0.717, 1.165) is 54.8 Å². The highest BCUT2D eigenvalue weighted by Gasteiger charge is 2.37. The average Bonchev–Trinajstić information content (AvgIpc) is 2.91. The molecule has 3 heterocycles. The number of nitrogens with one attached hydrogen (secondary N) is 1. The van der Waals surface area contributed by atoms with Crippen molar-refractivity contribution in [3.8, 4) is 0 Å².